The van der Waals surface area contributed by atoms with Crippen LogP contribution in [0.2, 0.25) is 5.02 Å². The summed E-state index contributed by atoms with van der Waals surface area (Å²) in [5.74, 6) is 0.658. The van der Waals surface area contributed by atoms with Gasteiger partial charge in [-0.1, -0.05) is 29.8 Å². The van der Waals surface area contributed by atoms with Crippen molar-refractivity contribution in [1.82, 2.24) is 15.0 Å². The Balaban J connectivity index is 1.66. The van der Waals surface area contributed by atoms with E-state index < -0.39 is 10.0 Å². The number of fused-ring (bicyclic) bond motifs is 1. The van der Waals surface area contributed by atoms with E-state index in [1.54, 1.807) is 18.2 Å². The maximum Gasteiger partial charge on any atom is 0.229 e. The molecule has 7 nitrogen and oxygen atoms in total. The highest BCUT2D eigenvalue weighted by molar-refractivity contribution is 7.92. The van der Waals surface area contributed by atoms with E-state index in [0.717, 1.165) is 28.6 Å². The molecule has 0 unspecified atom stereocenters. The summed E-state index contributed by atoms with van der Waals surface area (Å²) in [7, 11) is -3.31. The first-order chi connectivity index (χ1) is 13.4. The number of nitrogens with one attached hydrogen (secondary N) is 3. The average molecular weight is 414 g/mol. The van der Waals surface area contributed by atoms with Crippen LogP contribution < -0.4 is 10.0 Å². The van der Waals surface area contributed by atoms with E-state index in [0.29, 0.717) is 22.2 Å². The quantitative estimate of drug-likeness (QED) is 0.450. The molecule has 4 aromatic rings. The van der Waals surface area contributed by atoms with Gasteiger partial charge in [0.1, 0.15) is 17.8 Å². The molecule has 0 radical (unpaired) electrons. The number of aromatic amines is 1. The van der Waals surface area contributed by atoms with Crippen LogP contribution in [0.1, 0.15) is 0 Å². The Bertz CT molecular complexity index is 1250. The van der Waals surface area contributed by atoms with Crippen molar-refractivity contribution in [1.29, 1.82) is 0 Å². The number of sulfonamides is 1. The van der Waals surface area contributed by atoms with Crippen molar-refractivity contribution in [2.75, 3.05) is 16.3 Å². The topological polar surface area (TPSA) is 99.8 Å². The second-order valence-corrected chi connectivity index (χ2v) is 8.44. The summed E-state index contributed by atoms with van der Waals surface area (Å²) in [6, 6.07) is 16.4. The SMILES string of the molecule is CS(=O)(=O)Nc1ccc(-c2cc3c(Nc4cccc(Cl)c4)ncnc3[nH]2)cc1. The van der Waals surface area contributed by atoms with Crippen LogP contribution in [0, 0.1) is 0 Å². The summed E-state index contributed by atoms with van der Waals surface area (Å²) in [6.45, 7) is 0. The van der Waals surface area contributed by atoms with Crippen LogP contribution in [0.3, 0.4) is 0 Å². The summed E-state index contributed by atoms with van der Waals surface area (Å²) in [5, 5.41) is 4.72. The fourth-order valence-electron chi connectivity index (χ4n) is 2.83. The second kappa shape index (κ2) is 7.14. The van der Waals surface area contributed by atoms with Gasteiger partial charge in [0.2, 0.25) is 10.0 Å². The first-order valence-electron chi connectivity index (χ1n) is 8.32. The van der Waals surface area contributed by atoms with Gasteiger partial charge in [-0.25, -0.2) is 18.4 Å². The normalized spacial score (nSPS) is 11.5. The largest absolute Gasteiger partial charge is 0.340 e. The van der Waals surface area contributed by atoms with Crippen molar-refractivity contribution in [2.45, 2.75) is 0 Å². The van der Waals surface area contributed by atoms with Crippen LogP contribution in [0.25, 0.3) is 22.3 Å². The van der Waals surface area contributed by atoms with E-state index in [2.05, 4.69) is 25.0 Å². The molecule has 0 fully saturated rings. The minimum atomic E-state index is -3.31. The maximum atomic E-state index is 11.3. The summed E-state index contributed by atoms with van der Waals surface area (Å²) in [5.41, 5.74) is 3.76. The van der Waals surface area contributed by atoms with Gasteiger partial charge in [-0.15, -0.1) is 0 Å². The molecule has 0 aliphatic carbocycles. The monoisotopic (exact) mass is 413 g/mol. The molecule has 28 heavy (non-hydrogen) atoms. The number of benzene rings is 2. The molecule has 0 atom stereocenters. The van der Waals surface area contributed by atoms with Gasteiger partial charge in [0, 0.05) is 22.1 Å². The first-order valence-corrected chi connectivity index (χ1v) is 10.6. The fourth-order valence-corrected chi connectivity index (χ4v) is 3.58. The predicted molar refractivity (Wildman–Crippen MR) is 113 cm³/mol. The summed E-state index contributed by atoms with van der Waals surface area (Å²) in [6.07, 6.45) is 2.60. The van der Waals surface area contributed by atoms with Gasteiger partial charge in [0.15, 0.2) is 0 Å². The van der Waals surface area contributed by atoms with Gasteiger partial charge in [-0.3, -0.25) is 4.72 Å². The molecule has 0 bridgehead atoms. The Hall–Kier alpha value is -3.10. The van der Waals surface area contributed by atoms with Gasteiger partial charge in [-0.2, -0.15) is 0 Å². The third-order valence-electron chi connectivity index (χ3n) is 4.01. The predicted octanol–water partition coefficient (Wildman–Crippen LogP) is 4.39. The molecule has 9 heteroatoms. The molecular formula is C19H16ClN5O2S. The van der Waals surface area contributed by atoms with E-state index in [1.165, 1.54) is 6.33 Å². The van der Waals surface area contributed by atoms with Crippen LogP contribution in [0.15, 0.2) is 60.9 Å². The van der Waals surface area contributed by atoms with E-state index in [4.69, 9.17) is 11.6 Å². The van der Waals surface area contributed by atoms with E-state index >= 15 is 0 Å². The summed E-state index contributed by atoms with van der Waals surface area (Å²) in [4.78, 5) is 11.9. The van der Waals surface area contributed by atoms with E-state index in [-0.39, 0.29) is 0 Å². The number of aromatic nitrogens is 3. The standard InChI is InChI=1S/C19H16ClN5O2S/c1-28(26,27)25-14-7-5-12(6-8-14)17-10-16-18(21-11-22-19(16)24-17)23-15-4-2-3-13(20)9-15/h2-11,25H,1H3,(H2,21,22,23,24). The summed E-state index contributed by atoms with van der Waals surface area (Å²) >= 11 is 6.04. The number of anilines is 3. The van der Waals surface area contributed by atoms with Crippen LogP contribution >= 0.6 is 11.6 Å². The zero-order valence-electron chi connectivity index (χ0n) is 14.8. The van der Waals surface area contributed by atoms with Gasteiger partial charge < -0.3 is 10.3 Å². The molecule has 3 N–H and O–H groups in total. The Kier molecular flexibility index (Phi) is 4.66. The molecule has 2 aromatic carbocycles. The smallest absolute Gasteiger partial charge is 0.229 e. The number of H-pyrrole nitrogens is 1. The molecule has 2 aromatic heterocycles. The van der Waals surface area contributed by atoms with Crippen molar-refractivity contribution in [3.05, 3.63) is 65.9 Å². The molecule has 0 aliphatic rings. The highest BCUT2D eigenvalue weighted by Gasteiger charge is 2.10. The van der Waals surface area contributed by atoms with Crippen molar-refractivity contribution in [3.8, 4) is 11.3 Å². The van der Waals surface area contributed by atoms with Crippen molar-refractivity contribution >= 4 is 49.9 Å². The zero-order valence-corrected chi connectivity index (χ0v) is 16.3. The molecular weight excluding hydrogens is 398 g/mol. The van der Waals surface area contributed by atoms with E-state index in [9.17, 15) is 8.42 Å². The average Bonchev–Trinajstić information content (AvgIpc) is 3.06. The lowest BCUT2D eigenvalue weighted by Crippen LogP contribution is -2.09. The van der Waals surface area contributed by atoms with Crippen LogP contribution in [-0.2, 0) is 10.0 Å². The van der Waals surface area contributed by atoms with Crippen LogP contribution in [-0.4, -0.2) is 29.6 Å². The lowest BCUT2D eigenvalue weighted by atomic mass is 10.1. The van der Waals surface area contributed by atoms with Crippen molar-refractivity contribution < 1.29 is 8.42 Å². The minimum Gasteiger partial charge on any atom is -0.340 e. The Labute approximate surface area is 166 Å². The Morgan fingerprint density at radius 1 is 1.00 bits per heavy atom. The van der Waals surface area contributed by atoms with Gasteiger partial charge in [-0.05, 0) is 42.0 Å². The van der Waals surface area contributed by atoms with Crippen molar-refractivity contribution in [2.24, 2.45) is 0 Å². The minimum absolute atomic E-state index is 0.505. The Morgan fingerprint density at radius 3 is 2.50 bits per heavy atom. The highest BCUT2D eigenvalue weighted by Crippen LogP contribution is 2.29. The third-order valence-corrected chi connectivity index (χ3v) is 4.85. The number of nitrogens with zero attached hydrogens (tertiary/aromatic N) is 2. The number of rotatable bonds is 5. The third kappa shape index (κ3) is 4.08. The van der Waals surface area contributed by atoms with Gasteiger partial charge in [0.25, 0.3) is 0 Å². The van der Waals surface area contributed by atoms with Crippen molar-refractivity contribution in [3.63, 3.8) is 0 Å². The van der Waals surface area contributed by atoms with Gasteiger partial charge in [0.05, 0.1) is 11.6 Å². The lowest BCUT2D eigenvalue weighted by Gasteiger charge is -2.06. The molecule has 4 rings (SSSR count). The molecule has 0 spiro atoms. The zero-order chi connectivity index (χ0) is 19.7. The molecule has 2 heterocycles. The van der Waals surface area contributed by atoms with E-state index in [1.807, 2.05) is 36.4 Å². The first kappa shape index (κ1) is 18.3. The second-order valence-electron chi connectivity index (χ2n) is 6.25. The molecule has 142 valence electrons. The molecule has 0 saturated heterocycles. The molecule has 0 amide bonds. The molecule has 0 aliphatic heterocycles. The van der Waals surface area contributed by atoms with Crippen LogP contribution in [0.4, 0.5) is 17.2 Å². The maximum absolute atomic E-state index is 11.3. The number of hydrogen-bond donors (Lipinski definition) is 3. The number of halogens is 1. The summed E-state index contributed by atoms with van der Waals surface area (Å²) < 4.78 is 25.1. The highest BCUT2D eigenvalue weighted by atomic mass is 35.5. The Morgan fingerprint density at radius 2 is 1.79 bits per heavy atom. The lowest BCUT2D eigenvalue weighted by molar-refractivity contribution is 0.607. The number of hydrogen-bond acceptors (Lipinski definition) is 5. The molecule has 0 saturated carbocycles. The fraction of sp³-hybridized carbons (Fsp3) is 0.0526. The van der Waals surface area contributed by atoms with Gasteiger partial charge >= 0.3 is 0 Å². The van der Waals surface area contributed by atoms with Crippen LogP contribution in [0.5, 0.6) is 0 Å².